The normalized spacial score (nSPS) is 37.5. The van der Waals surface area contributed by atoms with Gasteiger partial charge in [0.1, 0.15) is 5.54 Å². The quantitative estimate of drug-likeness (QED) is 0.777. The highest BCUT2D eigenvalue weighted by Crippen LogP contribution is 2.49. The molecule has 2 aliphatic rings. The minimum atomic E-state index is -0.830. The lowest BCUT2D eigenvalue weighted by atomic mass is 9.54. The van der Waals surface area contributed by atoms with Crippen LogP contribution in [0.15, 0.2) is 0 Å². The van der Waals surface area contributed by atoms with Crippen molar-refractivity contribution in [2.45, 2.75) is 72.1 Å². The van der Waals surface area contributed by atoms with Crippen molar-refractivity contribution < 1.29 is 9.53 Å². The molecule has 5 unspecified atom stereocenters. The molecule has 5 atom stereocenters. The maximum atomic E-state index is 12.8. The summed E-state index contributed by atoms with van der Waals surface area (Å²) in [4.78, 5) is 15.3. The highest BCUT2D eigenvalue weighted by molar-refractivity contribution is 5.89. The van der Waals surface area contributed by atoms with Crippen LogP contribution in [0.2, 0.25) is 0 Å². The molecular formula is C19H37N3O2. The Labute approximate surface area is 147 Å². The van der Waals surface area contributed by atoms with E-state index in [1.165, 1.54) is 6.42 Å². The molecule has 3 N–H and O–H groups in total. The van der Waals surface area contributed by atoms with Crippen LogP contribution in [0, 0.1) is 17.3 Å². The van der Waals surface area contributed by atoms with Gasteiger partial charge in [0.05, 0.1) is 6.10 Å². The van der Waals surface area contributed by atoms with E-state index in [1.54, 1.807) is 0 Å². The van der Waals surface area contributed by atoms with Crippen LogP contribution in [0.1, 0.15) is 54.4 Å². The minimum Gasteiger partial charge on any atom is -0.378 e. The summed E-state index contributed by atoms with van der Waals surface area (Å²) in [5.41, 5.74) is 5.30. The fourth-order valence-corrected chi connectivity index (χ4v) is 4.55. The molecule has 0 aromatic heterocycles. The molecule has 1 aliphatic heterocycles. The fourth-order valence-electron chi connectivity index (χ4n) is 4.55. The summed E-state index contributed by atoms with van der Waals surface area (Å²) in [7, 11) is 0. The smallest absolute Gasteiger partial charge is 0.241 e. The SMILES string of the molecule is CCOC1CC(N)(C(=O)NC(C)CN2CC(C)CC(C)C2)C1(C)C. The molecule has 140 valence electrons. The number of carbonyl (C=O) groups is 1. The topological polar surface area (TPSA) is 67.6 Å². The first-order chi connectivity index (χ1) is 11.1. The highest BCUT2D eigenvalue weighted by Gasteiger charge is 2.62. The third-order valence-corrected chi connectivity index (χ3v) is 6.09. The molecule has 1 aliphatic carbocycles. The Morgan fingerprint density at radius 3 is 2.42 bits per heavy atom. The first kappa shape index (κ1) is 19.7. The number of rotatable bonds is 6. The van der Waals surface area contributed by atoms with Gasteiger partial charge < -0.3 is 20.7 Å². The summed E-state index contributed by atoms with van der Waals surface area (Å²) < 4.78 is 5.72. The summed E-state index contributed by atoms with van der Waals surface area (Å²) in [6.07, 6.45) is 1.97. The summed E-state index contributed by atoms with van der Waals surface area (Å²) >= 11 is 0. The predicted octanol–water partition coefficient (Wildman–Crippen LogP) is 2.00. The van der Waals surface area contributed by atoms with Crippen LogP contribution in [0.4, 0.5) is 0 Å². The molecule has 0 radical (unpaired) electrons. The lowest BCUT2D eigenvalue weighted by Gasteiger charge is -2.57. The molecule has 0 bridgehead atoms. The van der Waals surface area contributed by atoms with Gasteiger partial charge >= 0.3 is 0 Å². The number of nitrogens with zero attached hydrogens (tertiary/aromatic N) is 1. The summed E-state index contributed by atoms with van der Waals surface area (Å²) in [6.45, 7) is 16.6. The second-order valence-corrected chi connectivity index (χ2v) is 8.88. The van der Waals surface area contributed by atoms with Crippen molar-refractivity contribution in [2.75, 3.05) is 26.2 Å². The molecule has 0 spiro atoms. The van der Waals surface area contributed by atoms with Crippen molar-refractivity contribution >= 4 is 5.91 Å². The van der Waals surface area contributed by atoms with E-state index in [0.717, 1.165) is 31.5 Å². The zero-order valence-corrected chi connectivity index (χ0v) is 16.4. The van der Waals surface area contributed by atoms with Crippen molar-refractivity contribution in [3.63, 3.8) is 0 Å². The summed E-state index contributed by atoms with van der Waals surface area (Å²) in [6, 6.07) is 0.109. The van der Waals surface area contributed by atoms with E-state index in [4.69, 9.17) is 10.5 Å². The number of likely N-dealkylation sites (tertiary alicyclic amines) is 1. The second-order valence-electron chi connectivity index (χ2n) is 8.88. The van der Waals surface area contributed by atoms with E-state index >= 15 is 0 Å². The standard InChI is InChI=1S/C19H37N3O2/c1-7-24-16-9-19(20,18(16,5)6)17(23)21-15(4)12-22-10-13(2)8-14(3)11-22/h13-16H,7-12,20H2,1-6H3,(H,21,23). The van der Waals surface area contributed by atoms with Crippen LogP contribution in [0.25, 0.3) is 0 Å². The van der Waals surface area contributed by atoms with Gasteiger partial charge in [0.15, 0.2) is 0 Å². The number of amides is 1. The van der Waals surface area contributed by atoms with E-state index in [9.17, 15) is 4.79 Å². The Morgan fingerprint density at radius 1 is 1.33 bits per heavy atom. The number of hydrogen-bond donors (Lipinski definition) is 2. The van der Waals surface area contributed by atoms with Crippen LogP contribution >= 0.6 is 0 Å². The average molecular weight is 340 g/mol. The maximum absolute atomic E-state index is 12.8. The van der Waals surface area contributed by atoms with E-state index in [0.29, 0.717) is 13.0 Å². The molecule has 1 amide bonds. The molecule has 1 saturated heterocycles. The second kappa shape index (κ2) is 7.30. The van der Waals surface area contributed by atoms with Crippen molar-refractivity contribution in [1.82, 2.24) is 10.2 Å². The van der Waals surface area contributed by atoms with Crippen LogP contribution in [0.5, 0.6) is 0 Å². The molecule has 0 aromatic rings. The molecule has 2 rings (SSSR count). The molecule has 2 fully saturated rings. The number of hydrogen-bond acceptors (Lipinski definition) is 4. The third kappa shape index (κ3) is 3.78. The summed E-state index contributed by atoms with van der Waals surface area (Å²) in [5, 5.41) is 3.16. The monoisotopic (exact) mass is 339 g/mol. The Kier molecular flexibility index (Phi) is 5.99. The zero-order chi connectivity index (χ0) is 18.1. The van der Waals surface area contributed by atoms with Gasteiger partial charge in [-0.15, -0.1) is 0 Å². The minimum absolute atomic E-state index is 0.0333. The molecule has 5 nitrogen and oxygen atoms in total. The Balaban J connectivity index is 1.88. The van der Waals surface area contributed by atoms with Crippen LogP contribution in [-0.4, -0.2) is 54.7 Å². The van der Waals surface area contributed by atoms with Crippen LogP contribution in [0.3, 0.4) is 0 Å². The van der Waals surface area contributed by atoms with E-state index in [2.05, 4.69) is 31.0 Å². The van der Waals surface area contributed by atoms with Gasteiger partial charge in [0, 0.05) is 44.1 Å². The Bertz CT molecular complexity index is 444. The number of ether oxygens (including phenoxy) is 1. The van der Waals surface area contributed by atoms with E-state index < -0.39 is 5.54 Å². The van der Waals surface area contributed by atoms with Gasteiger partial charge in [-0.25, -0.2) is 0 Å². The van der Waals surface area contributed by atoms with Crippen LogP contribution < -0.4 is 11.1 Å². The summed E-state index contributed by atoms with van der Waals surface area (Å²) in [5.74, 6) is 1.43. The predicted molar refractivity (Wildman–Crippen MR) is 97.7 cm³/mol. The van der Waals surface area contributed by atoms with Gasteiger partial charge in [0.2, 0.25) is 5.91 Å². The van der Waals surface area contributed by atoms with Gasteiger partial charge in [-0.1, -0.05) is 27.7 Å². The largest absolute Gasteiger partial charge is 0.378 e. The van der Waals surface area contributed by atoms with Gasteiger partial charge in [-0.05, 0) is 32.1 Å². The molecule has 1 heterocycles. The third-order valence-electron chi connectivity index (χ3n) is 6.09. The van der Waals surface area contributed by atoms with Gasteiger partial charge in [-0.2, -0.15) is 0 Å². The van der Waals surface area contributed by atoms with Gasteiger partial charge in [-0.3, -0.25) is 4.79 Å². The maximum Gasteiger partial charge on any atom is 0.241 e. The molecule has 5 heteroatoms. The molecule has 1 saturated carbocycles. The first-order valence-electron chi connectivity index (χ1n) is 9.54. The van der Waals surface area contributed by atoms with Crippen molar-refractivity contribution in [1.29, 1.82) is 0 Å². The Hall–Kier alpha value is -0.650. The average Bonchev–Trinajstić information content (AvgIpc) is 2.45. The van der Waals surface area contributed by atoms with Crippen LogP contribution in [-0.2, 0) is 9.53 Å². The highest BCUT2D eigenvalue weighted by atomic mass is 16.5. The number of piperidine rings is 1. The lowest BCUT2D eigenvalue weighted by Crippen LogP contribution is -2.76. The molecular weight excluding hydrogens is 302 g/mol. The van der Waals surface area contributed by atoms with E-state index in [1.807, 2.05) is 20.8 Å². The lowest BCUT2D eigenvalue weighted by molar-refractivity contribution is -0.171. The number of nitrogens with two attached hydrogens (primary N) is 1. The van der Waals surface area contributed by atoms with Crippen molar-refractivity contribution in [3.05, 3.63) is 0 Å². The first-order valence-corrected chi connectivity index (χ1v) is 9.54. The molecule has 24 heavy (non-hydrogen) atoms. The Morgan fingerprint density at radius 2 is 1.92 bits per heavy atom. The van der Waals surface area contributed by atoms with Gasteiger partial charge in [0.25, 0.3) is 0 Å². The van der Waals surface area contributed by atoms with E-state index in [-0.39, 0.29) is 23.5 Å². The zero-order valence-electron chi connectivity index (χ0n) is 16.4. The van der Waals surface area contributed by atoms with Crippen molar-refractivity contribution in [2.24, 2.45) is 23.0 Å². The number of nitrogens with one attached hydrogen (secondary N) is 1. The number of carbonyl (C=O) groups excluding carboxylic acids is 1. The van der Waals surface area contributed by atoms with Crippen molar-refractivity contribution in [3.8, 4) is 0 Å². The fraction of sp³-hybridized carbons (Fsp3) is 0.947. The molecule has 0 aromatic carbocycles.